The van der Waals surface area contributed by atoms with E-state index in [0.717, 1.165) is 26.1 Å². The van der Waals surface area contributed by atoms with Gasteiger partial charge in [-0.3, -0.25) is 13.7 Å². The SMILES string of the molecule is Nc1ccn([C@@H]2O[C@H](CO)[C@@H](O)[C@H]2O)c(=O)n1.Nc1nc(=O)n([C@@H]2CS[C@H](CO)O2)cc1F.Nc1nc(=O)n([C@@H]2CS[C@H](CO)O2)cc1F. The van der Waals surface area contributed by atoms with E-state index in [1.807, 2.05) is 0 Å². The predicted octanol–water partition coefficient (Wildman–Crippen LogP) is -3.47. The number of aliphatic hydroxyl groups is 5. The summed E-state index contributed by atoms with van der Waals surface area (Å²) in [5.74, 6) is -1.41. The summed E-state index contributed by atoms with van der Waals surface area (Å²) >= 11 is 2.70. The number of nitrogens with zero attached hydrogens (tertiary/aromatic N) is 6. The molecule has 3 saturated heterocycles. The van der Waals surface area contributed by atoms with E-state index in [1.165, 1.54) is 35.8 Å². The lowest BCUT2D eigenvalue weighted by Crippen LogP contribution is -2.36. The van der Waals surface area contributed by atoms with Crippen molar-refractivity contribution in [3.05, 3.63) is 67.7 Å². The Balaban J connectivity index is 0.000000166. The summed E-state index contributed by atoms with van der Waals surface area (Å²) in [5, 5.41) is 45.9. The van der Waals surface area contributed by atoms with Gasteiger partial charge in [-0.15, -0.1) is 23.5 Å². The van der Waals surface area contributed by atoms with Crippen molar-refractivity contribution in [1.82, 2.24) is 28.7 Å². The molecule has 0 aliphatic carbocycles. The Bertz CT molecular complexity index is 1690. The number of nitrogen functional groups attached to an aromatic ring is 3. The minimum Gasteiger partial charge on any atom is -0.394 e. The highest BCUT2D eigenvalue weighted by atomic mass is 32.2. The number of aromatic nitrogens is 6. The number of halogens is 2. The molecule has 8 atom stereocenters. The van der Waals surface area contributed by atoms with Crippen LogP contribution in [0.3, 0.4) is 0 Å². The van der Waals surface area contributed by atoms with E-state index < -0.39 is 94.8 Å². The van der Waals surface area contributed by atoms with Crippen molar-refractivity contribution in [1.29, 1.82) is 0 Å². The standard InChI is InChI=1S/C9H13N3O5.2C8H10FN3O3S/c10-5-1-2-12(9(16)11-5)8-7(15)6(14)4(3-13)17-8;2*9-4-1-12(8(14)11-7(4)10)5-3-16-6(2-13)15-5/h1-2,4,6-8,13-15H,3H2,(H2,10,11,16);2*1,5-6,13H,2-3H2,(H2,10,11,14)/t4-,6-,7-,8-;2*5-,6+/m100/s1. The fourth-order valence-electron chi connectivity index (χ4n) is 4.43. The first kappa shape index (κ1) is 38.1. The average molecular weight is 738 g/mol. The summed E-state index contributed by atoms with van der Waals surface area (Å²) < 4.78 is 45.1. The monoisotopic (exact) mass is 737 g/mol. The van der Waals surface area contributed by atoms with Crippen molar-refractivity contribution in [3.8, 4) is 0 Å². The van der Waals surface area contributed by atoms with E-state index in [1.54, 1.807) is 0 Å². The molecule has 49 heavy (non-hydrogen) atoms. The third-order valence-electron chi connectivity index (χ3n) is 6.90. The number of hydrogen-bond donors (Lipinski definition) is 8. The van der Waals surface area contributed by atoms with Gasteiger partial charge in [0.05, 0.1) is 32.2 Å². The van der Waals surface area contributed by atoms with Crippen molar-refractivity contribution in [3.63, 3.8) is 0 Å². The van der Waals surface area contributed by atoms with E-state index in [9.17, 15) is 33.4 Å². The van der Waals surface area contributed by atoms with Crippen molar-refractivity contribution in [2.75, 3.05) is 48.5 Å². The van der Waals surface area contributed by atoms with E-state index in [0.29, 0.717) is 11.5 Å². The van der Waals surface area contributed by atoms with Gasteiger partial charge in [0.15, 0.2) is 29.5 Å². The first-order valence-corrected chi connectivity index (χ1v) is 16.2. The molecule has 3 aromatic rings. The smallest absolute Gasteiger partial charge is 0.351 e. The van der Waals surface area contributed by atoms with E-state index >= 15 is 0 Å². The fourth-order valence-corrected chi connectivity index (χ4v) is 6.29. The van der Waals surface area contributed by atoms with Gasteiger partial charge in [0.25, 0.3) is 0 Å². The molecule has 0 saturated carbocycles. The van der Waals surface area contributed by atoms with Crippen molar-refractivity contribution in [2.45, 2.75) is 47.9 Å². The molecule has 0 aromatic carbocycles. The second-order valence-electron chi connectivity index (χ2n) is 10.2. The van der Waals surface area contributed by atoms with Crippen LogP contribution in [0.1, 0.15) is 18.7 Å². The molecule has 0 bridgehead atoms. The van der Waals surface area contributed by atoms with Crippen molar-refractivity contribution < 1.29 is 48.5 Å². The maximum absolute atomic E-state index is 13.1. The summed E-state index contributed by atoms with van der Waals surface area (Å²) in [6, 6.07) is 1.37. The van der Waals surface area contributed by atoms with Crippen LogP contribution in [0, 0.1) is 11.6 Å². The molecule has 3 aliphatic rings. The highest BCUT2D eigenvalue weighted by Crippen LogP contribution is 2.32. The molecule has 24 heteroatoms. The zero-order valence-corrected chi connectivity index (χ0v) is 26.8. The third kappa shape index (κ3) is 9.10. The number of anilines is 3. The zero-order valence-electron chi connectivity index (χ0n) is 25.1. The number of aliphatic hydroxyl groups excluding tert-OH is 5. The van der Waals surface area contributed by atoms with Crippen molar-refractivity contribution >= 4 is 41.0 Å². The predicted molar refractivity (Wildman–Crippen MR) is 169 cm³/mol. The van der Waals surface area contributed by atoms with Gasteiger partial charge in [-0.05, 0) is 6.07 Å². The Hall–Kier alpha value is -3.72. The lowest BCUT2D eigenvalue weighted by molar-refractivity contribution is -0.0549. The highest BCUT2D eigenvalue weighted by Gasteiger charge is 2.43. The molecule has 6 heterocycles. The van der Waals surface area contributed by atoms with Gasteiger partial charge in [0.1, 0.15) is 47.5 Å². The Labute approximate surface area is 282 Å². The van der Waals surface area contributed by atoms with Crippen LogP contribution in [-0.4, -0.2) is 115 Å². The van der Waals surface area contributed by atoms with Crippen LogP contribution in [0.4, 0.5) is 26.2 Å². The molecule has 270 valence electrons. The van der Waals surface area contributed by atoms with Gasteiger partial charge in [-0.25, -0.2) is 23.2 Å². The normalized spacial score (nSPS) is 27.7. The van der Waals surface area contributed by atoms with Crippen LogP contribution in [-0.2, 0) is 14.2 Å². The number of ether oxygens (including phenoxy) is 3. The minimum absolute atomic E-state index is 0.0537. The second kappa shape index (κ2) is 16.8. The van der Waals surface area contributed by atoms with Gasteiger partial charge in [-0.1, -0.05) is 0 Å². The molecule has 0 unspecified atom stereocenters. The quantitative estimate of drug-likeness (QED) is 0.122. The molecule has 3 aliphatic heterocycles. The minimum atomic E-state index is -1.31. The largest absolute Gasteiger partial charge is 0.394 e. The lowest BCUT2D eigenvalue weighted by atomic mass is 10.1. The molecule has 0 amide bonds. The van der Waals surface area contributed by atoms with Gasteiger partial charge in [0, 0.05) is 17.7 Å². The highest BCUT2D eigenvalue weighted by molar-refractivity contribution is 8.00. The van der Waals surface area contributed by atoms with Gasteiger partial charge >= 0.3 is 17.1 Å². The van der Waals surface area contributed by atoms with Gasteiger partial charge in [-0.2, -0.15) is 15.0 Å². The summed E-state index contributed by atoms with van der Waals surface area (Å²) in [5.41, 5.74) is 12.8. The Morgan fingerprint density at radius 2 is 1.20 bits per heavy atom. The number of hydrogen-bond acceptors (Lipinski definition) is 19. The van der Waals surface area contributed by atoms with E-state index in [4.69, 9.17) is 46.7 Å². The number of rotatable bonds is 6. The second-order valence-corrected chi connectivity index (χ2v) is 12.6. The average Bonchev–Trinajstić information content (AvgIpc) is 3.81. The molecule has 3 fully saturated rings. The zero-order chi connectivity index (χ0) is 36.0. The molecule has 6 rings (SSSR count). The summed E-state index contributed by atoms with van der Waals surface area (Å²) in [4.78, 5) is 44.5. The summed E-state index contributed by atoms with van der Waals surface area (Å²) in [6.45, 7) is -0.756. The molecule has 11 N–H and O–H groups in total. The van der Waals surface area contributed by atoms with Crippen LogP contribution >= 0.6 is 23.5 Å². The molecular formula is C25H33F2N9O11S2. The van der Waals surface area contributed by atoms with Crippen LogP contribution < -0.4 is 34.3 Å². The lowest BCUT2D eigenvalue weighted by Gasteiger charge is -2.16. The van der Waals surface area contributed by atoms with Crippen LogP contribution in [0.2, 0.25) is 0 Å². The molecule has 0 radical (unpaired) electrons. The first-order chi connectivity index (χ1) is 23.3. The Kier molecular flexibility index (Phi) is 13.1. The fraction of sp³-hybridized carbons (Fsp3) is 0.520. The molecule has 0 spiro atoms. The first-order valence-electron chi connectivity index (χ1n) is 14.1. The van der Waals surface area contributed by atoms with E-state index in [-0.39, 0.29) is 19.0 Å². The third-order valence-corrected chi connectivity index (χ3v) is 9.12. The van der Waals surface area contributed by atoms with Gasteiger partial charge in [0.2, 0.25) is 0 Å². The summed E-state index contributed by atoms with van der Waals surface area (Å²) in [6.07, 6.45) is -2.56. The molecular weight excluding hydrogens is 704 g/mol. The Morgan fingerprint density at radius 3 is 1.59 bits per heavy atom. The van der Waals surface area contributed by atoms with Crippen molar-refractivity contribution in [2.24, 2.45) is 0 Å². The number of nitrogens with two attached hydrogens (primary N) is 3. The topological polar surface area (TPSA) is 312 Å². The number of thioether (sulfide) groups is 2. The van der Waals surface area contributed by atoms with Crippen LogP contribution in [0.5, 0.6) is 0 Å². The van der Waals surface area contributed by atoms with Crippen LogP contribution in [0.25, 0.3) is 0 Å². The molecule has 3 aromatic heterocycles. The maximum Gasteiger partial charge on any atom is 0.351 e. The molecule has 20 nitrogen and oxygen atoms in total. The summed E-state index contributed by atoms with van der Waals surface area (Å²) in [7, 11) is 0. The maximum atomic E-state index is 13.1. The van der Waals surface area contributed by atoms with E-state index in [2.05, 4.69) is 15.0 Å². The Morgan fingerprint density at radius 1 is 0.735 bits per heavy atom. The van der Waals surface area contributed by atoms with Crippen LogP contribution in [0.15, 0.2) is 39.0 Å². The van der Waals surface area contributed by atoms with Gasteiger partial charge < -0.3 is 56.9 Å².